The van der Waals surface area contributed by atoms with E-state index in [1.54, 1.807) is 6.20 Å². The molecule has 5 rings (SSSR count). The third-order valence-electron chi connectivity index (χ3n) is 8.10. The van der Waals surface area contributed by atoms with Crippen molar-refractivity contribution in [2.75, 3.05) is 13.1 Å². The Balaban J connectivity index is 1.32. The smallest absolute Gasteiger partial charge is 0.257 e. The molecule has 1 saturated carbocycles. The Hall–Kier alpha value is -2.63. The van der Waals surface area contributed by atoms with Gasteiger partial charge in [0.05, 0.1) is 23.2 Å². The van der Waals surface area contributed by atoms with Gasteiger partial charge in [-0.2, -0.15) is 5.10 Å². The predicted octanol–water partition coefficient (Wildman–Crippen LogP) is 4.35. The number of rotatable bonds is 4. The van der Waals surface area contributed by atoms with Crippen LogP contribution in [0, 0.1) is 12.3 Å². The van der Waals surface area contributed by atoms with E-state index in [9.17, 15) is 9.59 Å². The Morgan fingerprint density at radius 1 is 1.09 bits per heavy atom. The molecular formula is C26H34N4O2. The number of hydrogen-bond donors (Lipinski definition) is 0. The molecular weight excluding hydrogens is 400 g/mol. The van der Waals surface area contributed by atoms with Crippen molar-refractivity contribution >= 4 is 11.8 Å². The number of hydrogen-bond acceptors (Lipinski definition) is 3. The number of likely N-dealkylation sites (tertiary alicyclic amines) is 2. The summed E-state index contributed by atoms with van der Waals surface area (Å²) in [5.74, 6) is 0.426. The van der Waals surface area contributed by atoms with Crippen molar-refractivity contribution in [3.8, 4) is 0 Å². The molecule has 1 spiro atoms. The summed E-state index contributed by atoms with van der Waals surface area (Å²) in [5, 5.41) is 4.33. The van der Waals surface area contributed by atoms with Crippen LogP contribution < -0.4 is 0 Å². The maximum atomic E-state index is 13.6. The fraction of sp³-hybridized carbons (Fsp3) is 0.577. The predicted molar refractivity (Wildman–Crippen MR) is 123 cm³/mol. The highest BCUT2D eigenvalue weighted by atomic mass is 16.2. The quantitative estimate of drug-likeness (QED) is 0.672. The Morgan fingerprint density at radius 2 is 1.78 bits per heavy atom. The van der Waals surface area contributed by atoms with Gasteiger partial charge >= 0.3 is 0 Å². The van der Waals surface area contributed by atoms with Gasteiger partial charge in [-0.1, -0.05) is 49.6 Å². The lowest BCUT2D eigenvalue weighted by molar-refractivity contribution is -0.186. The van der Waals surface area contributed by atoms with Gasteiger partial charge in [0, 0.05) is 31.4 Å². The van der Waals surface area contributed by atoms with Gasteiger partial charge in [-0.15, -0.1) is 0 Å². The van der Waals surface area contributed by atoms with Crippen LogP contribution in [-0.4, -0.2) is 50.5 Å². The van der Waals surface area contributed by atoms with Gasteiger partial charge in [0.1, 0.15) is 0 Å². The number of β-lactam (4-membered cyclic amide) rings is 1. The van der Waals surface area contributed by atoms with Crippen LogP contribution in [-0.2, 0) is 11.3 Å². The third-order valence-corrected chi connectivity index (χ3v) is 8.10. The van der Waals surface area contributed by atoms with E-state index in [1.807, 2.05) is 23.4 Å². The van der Waals surface area contributed by atoms with Crippen molar-refractivity contribution in [2.45, 2.75) is 77.4 Å². The third kappa shape index (κ3) is 3.26. The molecule has 1 aromatic carbocycles. The molecule has 3 fully saturated rings. The first-order valence-electron chi connectivity index (χ1n) is 12.3. The van der Waals surface area contributed by atoms with Gasteiger partial charge in [-0.25, -0.2) is 0 Å². The van der Waals surface area contributed by atoms with Crippen LogP contribution in [0.5, 0.6) is 0 Å². The van der Waals surface area contributed by atoms with E-state index in [0.29, 0.717) is 24.6 Å². The largest absolute Gasteiger partial charge is 0.338 e. The number of amides is 2. The fourth-order valence-corrected chi connectivity index (χ4v) is 6.35. The number of benzene rings is 1. The molecule has 2 aliphatic heterocycles. The number of nitrogens with zero attached hydrogens (tertiary/aromatic N) is 4. The molecule has 2 aromatic rings. The molecule has 6 nitrogen and oxygen atoms in total. The summed E-state index contributed by atoms with van der Waals surface area (Å²) < 4.78 is 1.87. The number of carbonyl (C=O) groups excluding carboxylic acids is 2. The maximum absolute atomic E-state index is 13.6. The molecule has 1 unspecified atom stereocenters. The lowest BCUT2D eigenvalue weighted by atomic mass is 9.59. The standard InChI is InChI=1S/C26H34N4O2/c1-3-29-19(2)22(18-27-29)24(31)28-16-12-21(13-17-28)30-23(20-10-6-4-7-11-20)26(25(30)32)14-8-5-9-15-26/h4,6-7,10-11,18,21,23H,3,5,8-9,12-17H2,1-2H3. The zero-order valence-electron chi connectivity index (χ0n) is 19.3. The monoisotopic (exact) mass is 434 g/mol. The average molecular weight is 435 g/mol. The van der Waals surface area contributed by atoms with Crippen molar-refractivity contribution in [1.29, 1.82) is 0 Å². The molecule has 6 heteroatoms. The summed E-state index contributed by atoms with van der Waals surface area (Å²) in [6.45, 7) is 6.15. The molecule has 0 N–H and O–H groups in total. The van der Waals surface area contributed by atoms with E-state index in [0.717, 1.165) is 50.8 Å². The first-order chi connectivity index (χ1) is 15.6. The second kappa shape index (κ2) is 8.38. The van der Waals surface area contributed by atoms with Crippen LogP contribution in [0.25, 0.3) is 0 Å². The summed E-state index contributed by atoms with van der Waals surface area (Å²) >= 11 is 0. The molecule has 3 aliphatic rings. The highest BCUT2D eigenvalue weighted by Gasteiger charge is 2.62. The van der Waals surface area contributed by atoms with Gasteiger partial charge in [-0.3, -0.25) is 14.3 Å². The minimum absolute atomic E-state index is 0.0685. The zero-order chi connectivity index (χ0) is 22.3. The van der Waals surface area contributed by atoms with Crippen LogP contribution in [0.15, 0.2) is 36.5 Å². The highest BCUT2D eigenvalue weighted by Crippen LogP contribution is 2.59. The van der Waals surface area contributed by atoms with E-state index in [4.69, 9.17) is 0 Å². The normalized spacial score (nSPS) is 23.4. The van der Waals surface area contributed by atoms with Crippen LogP contribution in [0.3, 0.4) is 0 Å². The molecule has 1 aromatic heterocycles. The van der Waals surface area contributed by atoms with Gasteiger partial charge in [0.15, 0.2) is 0 Å². The van der Waals surface area contributed by atoms with E-state index in [2.05, 4.69) is 40.3 Å². The van der Waals surface area contributed by atoms with Crippen LogP contribution in [0.2, 0.25) is 0 Å². The molecule has 2 saturated heterocycles. The number of piperidine rings is 1. The first kappa shape index (κ1) is 21.2. The van der Waals surface area contributed by atoms with Crippen molar-refractivity contribution in [1.82, 2.24) is 19.6 Å². The van der Waals surface area contributed by atoms with Crippen molar-refractivity contribution in [2.24, 2.45) is 5.41 Å². The van der Waals surface area contributed by atoms with Gasteiger partial charge < -0.3 is 9.80 Å². The molecule has 0 bridgehead atoms. The van der Waals surface area contributed by atoms with E-state index in [1.165, 1.54) is 12.0 Å². The van der Waals surface area contributed by atoms with Crippen molar-refractivity contribution in [3.63, 3.8) is 0 Å². The summed E-state index contributed by atoms with van der Waals surface area (Å²) in [5.41, 5.74) is 2.71. The second-order valence-electron chi connectivity index (χ2n) is 9.73. The van der Waals surface area contributed by atoms with Crippen molar-refractivity contribution < 1.29 is 9.59 Å². The Kier molecular flexibility index (Phi) is 5.56. The molecule has 32 heavy (non-hydrogen) atoms. The molecule has 170 valence electrons. The summed E-state index contributed by atoms with van der Waals surface area (Å²) in [6.07, 6.45) is 8.96. The molecule has 1 atom stereocenters. The van der Waals surface area contributed by atoms with Gasteiger partial charge in [-0.05, 0) is 45.1 Å². The molecule has 0 radical (unpaired) electrons. The number of aromatic nitrogens is 2. The lowest BCUT2D eigenvalue weighted by Gasteiger charge is -2.61. The van der Waals surface area contributed by atoms with Crippen molar-refractivity contribution in [3.05, 3.63) is 53.3 Å². The number of carbonyl (C=O) groups is 2. The Morgan fingerprint density at radius 3 is 2.41 bits per heavy atom. The van der Waals surface area contributed by atoms with Crippen LogP contribution in [0.4, 0.5) is 0 Å². The Bertz CT molecular complexity index is 985. The topological polar surface area (TPSA) is 58.4 Å². The van der Waals surface area contributed by atoms with Crippen LogP contribution >= 0.6 is 0 Å². The SMILES string of the molecule is CCn1ncc(C(=O)N2CCC(N3C(=O)C4(CCCCC4)C3c3ccccc3)CC2)c1C. The van der Waals surface area contributed by atoms with E-state index < -0.39 is 0 Å². The second-order valence-corrected chi connectivity index (χ2v) is 9.73. The fourth-order valence-electron chi connectivity index (χ4n) is 6.35. The molecule has 2 amide bonds. The average Bonchev–Trinajstić information content (AvgIpc) is 3.23. The Labute approximate surface area is 190 Å². The van der Waals surface area contributed by atoms with E-state index >= 15 is 0 Å². The first-order valence-corrected chi connectivity index (χ1v) is 12.3. The van der Waals surface area contributed by atoms with E-state index in [-0.39, 0.29) is 23.4 Å². The minimum atomic E-state index is -0.196. The summed E-state index contributed by atoms with van der Waals surface area (Å²) in [6, 6.07) is 11.0. The lowest BCUT2D eigenvalue weighted by Crippen LogP contribution is -2.67. The van der Waals surface area contributed by atoms with Crippen LogP contribution in [0.1, 0.15) is 79.5 Å². The molecule has 1 aliphatic carbocycles. The maximum Gasteiger partial charge on any atom is 0.257 e. The molecule has 3 heterocycles. The summed E-state index contributed by atoms with van der Waals surface area (Å²) in [4.78, 5) is 30.8. The number of aryl methyl sites for hydroxylation is 1. The van der Waals surface area contributed by atoms with Gasteiger partial charge in [0.25, 0.3) is 5.91 Å². The highest BCUT2D eigenvalue weighted by molar-refractivity contribution is 5.95. The summed E-state index contributed by atoms with van der Waals surface area (Å²) in [7, 11) is 0. The zero-order valence-corrected chi connectivity index (χ0v) is 19.3. The van der Waals surface area contributed by atoms with Gasteiger partial charge in [0.2, 0.25) is 5.91 Å². The minimum Gasteiger partial charge on any atom is -0.338 e.